The molecule has 1 aromatic heterocycles. The van der Waals surface area contributed by atoms with Gasteiger partial charge in [-0.1, -0.05) is 53.7 Å². The molecule has 2 aromatic rings. The molecule has 1 aromatic carbocycles. The molecule has 1 saturated heterocycles. The minimum Gasteiger partial charge on any atom is -0.324 e. The van der Waals surface area contributed by atoms with Crippen molar-refractivity contribution in [2.24, 2.45) is 7.05 Å². The Morgan fingerprint density at radius 2 is 1.63 bits per heavy atom. The number of benzene rings is 1. The second kappa shape index (κ2) is 7.25. The Morgan fingerprint density at radius 3 is 2.07 bits per heavy atom. The van der Waals surface area contributed by atoms with Crippen LogP contribution in [-0.4, -0.2) is 38.6 Å². The summed E-state index contributed by atoms with van der Waals surface area (Å²) in [5.41, 5.74) is 1.74. The highest BCUT2D eigenvalue weighted by Crippen LogP contribution is 2.34. The molecular weight excluding hydrogens is 376 g/mol. The zero-order chi connectivity index (χ0) is 22.5. The van der Waals surface area contributed by atoms with Crippen LogP contribution in [0.3, 0.4) is 0 Å². The zero-order valence-corrected chi connectivity index (χ0v) is 19.5. The van der Waals surface area contributed by atoms with Crippen molar-refractivity contribution in [3.05, 3.63) is 47.2 Å². The van der Waals surface area contributed by atoms with Gasteiger partial charge >= 0.3 is 0 Å². The van der Waals surface area contributed by atoms with Gasteiger partial charge in [-0.3, -0.25) is 14.3 Å². The molecule has 162 valence electrons. The molecule has 2 heterocycles. The van der Waals surface area contributed by atoms with Gasteiger partial charge in [0.2, 0.25) is 0 Å². The standard InChI is InChI=1S/C24H34N4O2/c1-22(2,3)17-11-9-16(10-12-17)20(29)28-14-13-24(28,7)21(30)25-19-15-18(23(4,5)6)26-27(19)8/h9-12,15H,13-14H2,1-8H3,(H,25,30). The second-order valence-corrected chi connectivity index (χ2v) is 10.6. The predicted molar refractivity (Wildman–Crippen MR) is 120 cm³/mol. The van der Waals surface area contributed by atoms with Crippen LogP contribution in [0.4, 0.5) is 5.82 Å². The highest BCUT2D eigenvalue weighted by Gasteiger charge is 2.49. The first kappa shape index (κ1) is 22.1. The monoisotopic (exact) mass is 410 g/mol. The van der Waals surface area contributed by atoms with Crippen molar-refractivity contribution in [1.29, 1.82) is 0 Å². The van der Waals surface area contributed by atoms with Crippen LogP contribution >= 0.6 is 0 Å². The third-order valence-corrected chi connectivity index (χ3v) is 6.04. The Kier molecular flexibility index (Phi) is 5.34. The van der Waals surface area contributed by atoms with Crippen LogP contribution in [0.1, 0.15) is 76.5 Å². The van der Waals surface area contributed by atoms with Crippen LogP contribution in [0, 0.1) is 0 Å². The molecule has 0 radical (unpaired) electrons. The van der Waals surface area contributed by atoms with E-state index in [-0.39, 0.29) is 22.6 Å². The number of aromatic nitrogens is 2. The highest BCUT2D eigenvalue weighted by atomic mass is 16.2. The lowest BCUT2D eigenvalue weighted by Crippen LogP contribution is -2.66. The van der Waals surface area contributed by atoms with Crippen LogP contribution in [0.5, 0.6) is 0 Å². The molecule has 0 bridgehead atoms. The number of nitrogens with zero attached hydrogens (tertiary/aromatic N) is 3. The van der Waals surface area contributed by atoms with E-state index in [1.54, 1.807) is 9.58 Å². The van der Waals surface area contributed by atoms with Crippen LogP contribution in [0.15, 0.2) is 30.3 Å². The number of carbonyl (C=O) groups is 2. The van der Waals surface area contributed by atoms with Gasteiger partial charge in [0.25, 0.3) is 11.8 Å². The van der Waals surface area contributed by atoms with Gasteiger partial charge in [-0.05, 0) is 36.5 Å². The maximum absolute atomic E-state index is 13.1. The fraction of sp³-hybridized carbons (Fsp3) is 0.542. The van der Waals surface area contributed by atoms with Crippen molar-refractivity contribution in [1.82, 2.24) is 14.7 Å². The summed E-state index contributed by atoms with van der Waals surface area (Å²) >= 11 is 0. The average Bonchev–Trinajstić information content (AvgIpc) is 3.00. The van der Waals surface area contributed by atoms with E-state index in [2.05, 4.69) is 52.0 Å². The number of anilines is 1. The molecule has 2 amide bonds. The Balaban J connectivity index is 1.76. The number of nitrogens with one attached hydrogen (secondary N) is 1. The van der Waals surface area contributed by atoms with Crippen molar-refractivity contribution in [2.45, 2.75) is 71.3 Å². The molecule has 1 fully saturated rings. The van der Waals surface area contributed by atoms with E-state index >= 15 is 0 Å². The van der Waals surface area contributed by atoms with Crippen LogP contribution in [0.2, 0.25) is 0 Å². The zero-order valence-electron chi connectivity index (χ0n) is 19.5. The number of likely N-dealkylation sites (tertiary alicyclic amines) is 1. The lowest BCUT2D eigenvalue weighted by atomic mass is 9.84. The lowest BCUT2D eigenvalue weighted by Gasteiger charge is -2.49. The summed E-state index contributed by atoms with van der Waals surface area (Å²) in [7, 11) is 1.81. The minimum absolute atomic E-state index is 0.0295. The van der Waals surface area contributed by atoms with Crippen molar-refractivity contribution >= 4 is 17.6 Å². The molecule has 3 rings (SSSR count). The van der Waals surface area contributed by atoms with E-state index < -0.39 is 5.54 Å². The van der Waals surface area contributed by atoms with Crippen molar-refractivity contribution in [3.8, 4) is 0 Å². The van der Waals surface area contributed by atoms with E-state index in [0.29, 0.717) is 24.3 Å². The first-order valence-electron chi connectivity index (χ1n) is 10.5. The fourth-order valence-corrected chi connectivity index (χ4v) is 3.59. The third-order valence-electron chi connectivity index (χ3n) is 6.04. The van der Waals surface area contributed by atoms with Gasteiger partial charge in [0, 0.05) is 30.6 Å². The first-order chi connectivity index (χ1) is 13.7. The van der Waals surface area contributed by atoms with Crippen molar-refractivity contribution < 1.29 is 9.59 Å². The van der Waals surface area contributed by atoms with E-state index in [1.807, 2.05) is 44.3 Å². The Morgan fingerprint density at radius 1 is 1.03 bits per heavy atom. The Hall–Kier alpha value is -2.63. The number of carbonyl (C=O) groups excluding carboxylic acids is 2. The van der Waals surface area contributed by atoms with Gasteiger partial charge in [-0.25, -0.2) is 0 Å². The van der Waals surface area contributed by atoms with Gasteiger partial charge < -0.3 is 10.2 Å². The maximum Gasteiger partial charge on any atom is 0.254 e. The summed E-state index contributed by atoms with van der Waals surface area (Å²) in [6, 6.07) is 9.60. The number of amides is 2. The van der Waals surface area contributed by atoms with Gasteiger partial charge in [0.05, 0.1) is 5.69 Å². The quantitative estimate of drug-likeness (QED) is 0.822. The van der Waals surface area contributed by atoms with Crippen molar-refractivity contribution in [3.63, 3.8) is 0 Å². The molecule has 1 aliphatic heterocycles. The van der Waals surface area contributed by atoms with Crippen LogP contribution < -0.4 is 5.32 Å². The van der Waals surface area contributed by atoms with E-state index in [4.69, 9.17) is 0 Å². The topological polar surface area (TPSA) is 67.2 Å². The predicted octanol–water partition coefficient (Wildman–Crippen LogP) is 4.26. The molecule has 1 unspecified atom stereocenters. The average molecular weight is 411 g/mol. The summed E-state index contributed by atoms with van der Waals surface area (Å²) in [6.07, 6.45) is 0.634. The molecule has 30 heavy (non-hydrogen) atoms. The molecule has 6 nitrogen and oxygen atoms in total. The van der Waals surface area contributed by atoms with E-state index in [0.717, 1.165) is 5.69 Å². The second-order valence-electron chi connectivity index (χ2n) is 10.6. The summed E-state index contributed by atoms with van der Waals surface area (Å²) in [5.74, 6) is 0.344. The summed E-state index contributed by atoms with van der Waals surface area (Å²) in [6.45, 7) is 15.1. The molecule has 0 spiro atoms. The summed E-state index contributed by atoms with van der Waals surface area (Å²) < 4.78 is 1.68. The molecule has 6 heteroatoms. The Labute approximate surface area is 179 Å². The normalized spacial score (nSPS) is 19.4. The molecule has 1 N–H and O–H groups in total. The van der Waals surface area contributed by atoms with E-state index in [1.165, 1.54) is 5.56 Å². The minimum atomic E-state index is -0.869. The summed E-state index contributed by atoms with van der Waals surface area (Å²) in [4.78, 5) is 27.9. The van der Waals surface area contributed by atoms with Gasteiger partial charge in [0.15, 0.2) is 0 Å². The van der Waals surface area contributed by atoms with Gasteiger partial charge in [-0.2, -0.15) is 5.10 Å². The number of hydrogen-bond donors (Lipinski definition) is 1. The molecule has 0 aliphatic carbocycles. The Bertz CT molecular complexity index is 961. The number of aryl methyl sites for hydroxylation is 1. The lowest BCUT2D eigenvalue weighted by molar-refractivity contribution is -0.132. The van der Waals surface area contributed by atoms with Crippen LogP contribution in [-0.2, 0) is 22.7 Å². The molecular formula is C24H34N4O2. The number of rotatable bonds is 3. The fourth-order valence-electron chi connectivity index (χ4n) is 3.59. The molecule has 1 atom stereocenters. The maximum atomic E-state index is 13.1. The molecule has 1 aliphatic rings. The SMILES string of the molecule is Cn1nc(C(C)(C)C)cc1NC(=O)C1(C)CCN1C(=O)c1ccc(C(C)(C)C)cc1. The van der Waals surface area contributed by atoms with Crippen molar-refractivity contribution in [2.75, 3.05) is 11.9 Å². The number of hydrogen-bond acceptors (Lipinski definition) is 3. The third kappa shape index (κ3) is 4.00. The van der Waals surface area contributed by atoms with Gasteiger partial charge in [0.1, 0.15) is 11.4 Å². The largest absolute Gasteiger partial charge is 0.324 e. The first-order valence-corrected chi connectivity index (χ1v) is 10.5. The van der Waals surface area contributed by atoms with Gasteiger partial charge in [-0.15, -0.1) is 0 Å². The van der Waals surface area contributed by atoms with Crippen LogP contribution in [0.25, 0.3) is 0 Å². The highest BCUT2D eigenvalue weighted by molar-refractivity contribution is 6.04. The van der Waals surface area contributed by atoms with E-state index in [9.17, 15) is 9.59 Å². The summed E-state index contributed by atoms with van der Waals surface area (Å²) in [5, 5.41) is 7.49. The smallest absolute Gasteiger partial charge is 0.254 e. The molecule has 0 saturated carbocycles.